The van der Waals surface area contributed by atoms with Crippen LogP contribution in [0.15, 0.2) is 48.5 Å². The Kier molecular flexibility index (Phi) is 3.95. The van der Waals surface area contributed by atoms with Gasteiger partial charge in [-0.3, -0.25) is 4.90 Å². The summed E-state index contributed by atoms with van der Waals surface area (Å²) in [7, 11) is 2.04. The van der Waals surface area contributed by atoms with E-state index in [2.05, 4.69) is 30.0 Å². The molecule has 0 radical (unpaired) electrons. The van der Waals surface area contributed by atoms with Crippen LogP contribution in [0.25, 0.3) is 0 Å². The Morgan fingerprint density at radius 3 is 2.67 bits per heavy atom. The first-order valence-electron chi connectivity index (χ1n) is 7.31. The van der Waals surface area contributed by atoms with Gasteiger partial charge in [0.1, 0.15) is 18.5 Å². The van der Waals surface area contributed by atoms with Crippen molar-refractivity contribution in [1.29, 1.82) is 0 Å². The van der Waals surface area contributed by atoms with E-state index in [-0.39, 0.29) is 6.04 Å². The fourth-order valence-electron chi connectivity index (χ4n) is 2.87. The minimum Gasteiger partial charge on any atom is -0.491 e. The smallest absolute Gasteiger partial charge is 0.125 e. The first-order chi connectivity index (χ1) is 10.2. The van der Waals surface area contributed by atoms with Crippen molar-refractivity contribution < 1.29 is 9.84 Å². The third-order valence-corrected chi connectivity index (χ3v) is 4.26. The van der Waals surface area contributed by atoms with E-state index in [1.165, 1.54) is 11.1 Å². The molecule has 0 bridgehead atoms. The standard InChI is InChI=1S/C18H21NO2/c1-13-7-3-4-8-14(13)11-19(2)16-12-21-17-10-6-5-9-15(17)18(16)20/h3-10,16,18,20H,11-12H2,1-2H3. The van der Waals surface area contributed by atoms with Gasteiger partial charge in [0, 0.05) is 12.1 Å². The summed E-state index contributed by atoms with van der Waals surface area (Å²) in [4.78, 5) is 2.17. The van der Waals surface area contributed by atoms with E-state index in [1.54, 1.807) is 0 Å². The Morgan fingerprint density at radius 2 is 1.86 bits per heavy atom. The molecule has 3 heteroatoms. The molecule has 0 aromatic heterocycles. The molecular formula is C18H21NO2. The number of benzene rings is 2. The molecule has 1 N–H and O–H groups in total. The zero-order valence-electron chi connectivity index (χ0n) is 12.5. The van der Waals surface area contributed by atoms with Gasteiger partial charge in [-0.15, -0.1) is 0 Å². The van der Waals surface area contributed by atoms with Crippen molar-refractivity contribution in [3.05, 3.63) is 65.2 Å². The van der Waals surface area contributed by atoms with E-state index in [0.717, 1.165) is 17.9 Å². The van der Waals surface area contributed by atoms with E-state index in [9.17, 15) is 5.11 Å². The van der Waals surface area contributed by atoms with Crippen LogP contribution in [-0.4, -0.2) is 29.7 Å². The molecule has 1 heterocycles. The monoisotopic (exact) mass is 283 g/mol. The number of aliphatic hydroxyl groups excluding tert-OH is 1. The lowest BCUT2D eigenvalue weighted by Crippen LogP contribution is -2.43. The number of likely N-dealkylation sites (N-methyl/N-ethyl adjacent to an activating group) is 1. The summed E-state index contributed by atoms with van der Waals surface area (Å²) < 4.78 is 5.79. The number of hydrogen-bond donors (Lipinski definition) is 1. The van der Waals surface area contributed by atoms with Crippen molar-refractivity contribution in [1.82, 2.24) is 4.90 Å². The zero-order chi connectivity index (χ0) is 14.8. The number of hydrogen-bond acceptors (Lipinski definition) is 3. The molecule has 1 aliphatic rings. The Balaban J connectivity index is 1.77. The van der Waals surface area contributed by atoms with Gasteiger partial charge >= 0.3 is 0 Å². The molecule has 2 aromatic rings. The number of nitrogens with zero attached hydrogens (tertiary/aromatic N) is 1. The Morgan fingerprint density at radius 1 is 1.14 bits per heavy atom. The van der Waals surface area contributed by atoms with Crippen molar-refractivity contribution in [3.8, 4) is 5.75 Å². The molecule has 2 aromatic carbocycles. The van der Waals surface area contributed by atoms with E-state index in [0.29, 0.717) is 6.61 Å². The first kappa shape index (κ1) is 14.1. The molecule has 3 rings (SSSR count). The highest BCUT2D eigenvalue weighted by Crippen LogP contribution is 2.34. The van der Waals surface area contributed by atoms with Crippen LogP contribution in [-0.2, 0) is 6.54 Å². The highest BCUT2D eigenvalue weighted by Gasteiger charge is 2.31. The number of para-hydroxylation sites is 1. The van der Waals surface area contributed by atoms with Crippen LogP contribution in [0.2, 0.25) is 0 Å². The Bertz CT molecular complexity index is 626. The number of fused-ring (bicyclic) bond motifs is 1. The number of aliphatic hydroxyl groups is 1. The van der Waals surface area contributed by atoms with Gasteiger partial charge in [0.15, 0.2) is 0 Å². The van der Waals surface area contributed by atoms with Gasteiger partial charge in [-0.05, 0) is 31.2 Å². The van der Waals surface area contributed by atoms with Gasteiger partial charge in [-0.25, -0.2) is 0 Å². The molecule has 2 atom stereocenters. The summed E-state index contributed by atoms with van der Waals surface area (Å²) in [5.74, 6) is 0.797. The van der Waals surface area contributed by atoms with Crippen molar-refractivity contribution in [2.45, 2.75) is 25.6 Å². The average molecular weight is 283 g/mol. The molecule has 0 aliphatic carbocycles. The van der Waals surface area contributed by atoms with Gasteiger partial charge in [0.05, 0.1) is 6.04 Å². The summed E-state index contributed by atoms with van der Waals surface area (Å²) in [5.41, 5.74) is 3.44. The molecule has 0 fully saturated rings. The highest BCUT2D eigenvalue weighted by molar-refractivity contribution is 5.37. The molecule has 3 nitrogen and oxygen atoms in total. The summed E-state index contributed by atoms with van der Waals surface area (Å²) >= 11 is 0. The maximum Gasteiger partial charge on any atom is 0.125 e. The minimum atomic E-state index is -0.510. The lowest BCUT2D eigenvalue weighted by molar-refractivity contribution is 0.0117. The molecular weight excluding hydrogens is 262 g/mol. The summed E-state index contributed by atoms with van der Waals surface area (Å²) in [6.45, 7) is 3.44. The third kappa shape index (κ3) is 2.80. The minimum absolute atomic E-state index is 0.0282. The average Bonchev–Trinajstić information content (AvgIpc) is 2.50. The van der Waals surface area contributed by atoms with Crippen LogP contribution in [0, 0.1) is 6.92 Å². The molecule has 0 saturated heterocycles. The second-order valence-corrected chi connectivity index (χ2v) is 5.70. The molecule has 0 spiro atoms. The van der Waals surface area contributed by atoms with Gasteiger partial charge < -0.3 is 9.84 Å². The largest absolute Gasteiger partial charge is 0.491 e. The Labute approximate surface area is 125 Å². The predicted molar refractivity (Wildman–Crippen MR) is 83.3 cm³/mol. The topological polar surface area (TPSA) is 32.7 Å². The highest BCUT2D eigenvalue weighted by atomic mass is 16.5. The van der Waals surface area contributed by atoms with Gasteiger partial charge in [-0.2, -0.15) is 0 Å². The van der Waals surface area contributed by atoms with E-state index >= 15 is 0 Å². The SMILES string of the molecule is Cc1ccccc1CN(C)C1COc2ccccc2C1O. The van der Waals surface area contributed by atoms with Crippen LogP contribution in [0.5, 0.6) is 5.75 Å². The number of aryl methyl sites for hydroxylation is 1. The quantitative estimate of drug-likeness (QED) is 0.940. The summed E-state index contributed by atoms with van der Waals surface area (Å²) in [5, 5.41) is 10.6. The summed E-state index contributed by atoms with van der Waals surface area (Å²) in [6.07, 6.45) is -0.510. The normalized spacial score (nSPS) is 21.0. The van der Waals surface area contributed by atoms with E-state index in [1.807, 2.05) is 37.4 Å². The van der Waals surface area contributed by atoms with E-state index < -0.39 is 6.10 Å². The summed E-state index contributed by atoms with van der Waals surface area (Å²) in [6, 6.07) is 16.1. The second-order valence-electron chi connectivity index (χ2n) is 5.70. The lowest BCUT2D eigenvalue weighted by Gasteiger charge is -2.36. The first-order valence-corrected chi connectivity index (χ1v) is 7.31. The van der Waals surface area contributed by atoms with Crippen molar-refractivity contribution in [2.75, 3.05) is 13.7 Å². The fourth-order valence-corrected chi connectivity index (χ4v) is 2.87. The molecule has 1 aliphatic heterocycles. The Hall–Kier alpha value is -1.84. The van der Waals surface area contributed by atoms with Gasteiger partial charge in [0.25, 0.3) is 0 Å². The second kappa shape index (κ2) is 5.88. The van der Waals surface area contributed by atoms with Crippen LogP contribution >= 0.6 is 0 Å². The van der Waals surface area contributed by atoms with Crippen LogP contribution in [0.4, 0.5) is 0 Å². The molecule has 2 unspecified atom stereocenters. The van der Waals surface area contributed by atoms with E-state index in [4.69, 9.17) is 4.74 Å². The molecule has 110 valence electrons. The third-order valence-electron chi connectivity index (χ3n) is 4.26. The number of rotatable bonds is 3. The molecule has 0 saturated carbocycles. The lowest BCUT2D eigenvalue weighted by atomic mass is 9.97. The maximum atomic E-state index is 10.6. The molecule has 21 heavy (non-hydrogen) atoms. The van der Waals surface area contributed by atoms with Crippen LogP contribution < -0.4 is 4.74 Å². The van der Waals surface area contributed by atoms with Crippen molar-refractivity contribution in [3.63, 3.8) is 0 Å². The van der Waals surface area contributed by atoms with Gasteiger partial charge in [-0.1, -0.05) is 42.5 Å². The van der Waals surface area contributed by atoms with Crippen molar-refractivity contribution >= 4 is 0 Å². The zero-order valence-corrected chi connectivity index (χ0v) is 12.5. The molecule has 0 amide bonds. The van der Waals surface area contributed by atoms with Crippen molar-refractivity contribution in [2.24, 2.45) is 0 Å². The van der Waals surface area contributed by atoms with Crippen LogP contribution in [0.3, 0.4) is 0 Å². The fraction of sp³-hybridized carbons (Fsp3) is 0.333. The maximum absolute atomic E-state index is 10.6. The van der Waals surface area contributed by atoms with Gasteiger partial charge in [0.2, 0.25) is 0 Å². The number of ether oxygens (including phenoxy) is 1. The van der Waals surface area contributed by atoms with Crippen LogP contribution in [0.1, 0.15) is 22.8 Å². The predicted octanol–water partition coefficient (Wildman–Crippen LogP) is 2.92.